The highest BCUT2D eigenvalue weighted by Crippen LogP contribution is 2.25. The average molecular weight is 374 g/mol. The maximum atomic E-state index is 12.8. The molecule has 0 radical (unpaired) electrons. The summed E-state index contributed by atoms with van der Waals surface area (Å²) in [6.45, 7) is 3.83. The van der Waals surface area contributed by atoms with Crippen molar-refractivity contribution in [3.05, 3.63) is 72.2 Å². The van der Waals surface area contributed by atoms with Crippen LogP contribution in [0.1, 0.15) is 37.2 Å². The van der Waals surface area contributed by atoms with E-state index < -0.39 is 0 Å². The third-order valence-electron chi connectivity index (χ3n) is 5.05. The van der Waals surface area contributed by atoms with Crippen molar-refractivity contribution in [1.82, 2.24) is 19.9 Å². The Morgan fingerprint density at radius 1 is 1.04 bits per heavy atom. The van der Waals surface area contributed by atoms with Crippen molar-refractivity contribution >= 4 is 22.3 Å². The summed E-state index contributed by atoms with van der Waals surface area (Å²) in [5.41, 5.74) is 1.73. The molecule has 0 bridgehead atoms. The van der Waals surface area contributed by atoms with E-state index in [-0.39, 0.29) is 17.9 Å². The summed E-state index contributed by atoms with van der Waals surface area (Å²) in [6.07, 6.45) is 1.90. The van der Waals surface area contributed by atoms with Crippen LogP contribution < -0.4 is 10.1 Å². The maximum absolute atomic E-state index is 12.8. The number of methoxy groups -OCH3 is 1. The Morgan fingerprint density at radius 2 is 1.82 bits per heavy atom. The zero-order valence-electron chi connectivity index (χ0n) is 16.1. The Labute approximate surface area is 163 Å². The molecule has 6 nitrogen and oxygen atoms in total. The predicted octanol–water partition coefficient (Wildman–Crippen LogP) is 3.87. The Morgan fingerprint density at radius 3 is 2.64 bits per heavy atom. The maximum Gasteiger partial charge on any atom is 0.227 e. The lowest BCUT2D eigenvalue weighted by Crippen LogP contribution is -2.31. The third-order valence-corrected chi connectivity index (χ3v) is 5.05. The number of pyridine rings is 1. The number of hydrogen-bond donors (Lipinski definition) is 1. The van der Waals surface area contributed by atoms with E-state index in [4.69, 9.17) is 4.74 Å². The molecular formula is C22H22N4O2. The minimum atomic E-state index is -0.284. The highest BCUT2D eigenvalue weighted by atomic mass is 16.5. The van der Waals surface area contributed by atoms with Gasteiger partial charge in [-0.2, -0.15) is 0 Å². The summed E-state index contributed by atoms with van der Waals surface area (Å²) in [4.78, 5) is 12.8. The second-order valence-electron chi connectivity index (χ2n) is 6.91. The molecule has 0 fully saturated rings. The van der Waals surface area contributed by atoms with Crippen molar-refractivity contribution < 1.29 is 9.53 Å². The molecule has 0 saturated heterocycles. The number of carbonyl (C=O) groups excluding carboxylic acids is 1. The molecule has 4 aromatic rings. The van der Waals surface area contributed by atoms with Gasteiger partial charge in [0.2, 0.25) is 5.91 Å². The smallest absolute Gasteiger partial charge is 0.227 e. The molecule has 2 atom stereocenters. The first kappa shape index (κ1) is 18.0. The zero-order chi connectivity index (χ0) is 19.7. The number of aromatic nitrogens is 3. The van der Waals surface area contributed by atoms with Gasteiger partial charge in [-0.05, 0) is 54.4 Å². The fourth-order valence-electron chi connectivity index (χ4n) is 3.35. The van der Waals surface area contributed by atoms with Gasteiger partial charge in [0.1, 0.15) is 5.75 Å². The van der Waals surface area contributed by atoms with E-state index in [1.54, 1.807) is 7.11 Å². The largest absolute Gasteiger partial charge is 0.497 e. The molecule has 0 spiro atoms. The van der Waals surface area contributed by atoms with Gasteiger partial charge in [0.15, 0.2) is 11.5 Å². The second kappa shape index (κ2) is 7.31. The second-order valence-corrected chi connectivity index (χ2v) is 6.91. The van der Waals surface area contributed by atoms with Gasteiger partial charge >= 0.3 is 0 Å². The molecule has 0 saturated carbocycles. The van der Waals surface area contributed by atoms with Gasteiger partial charge in [0.25, 0.3) is 0 Å². The van der Waals surface area contributed by atoms with Gasteiger partial charge in [0.05, 0.1) is 19.1 Å². The number of carbonyl (C=O) groups is 1. The van der Waals surface area contributed by atoms with Crippen molar-refractivity contribution in [2.24, 2.45) is 0 Å². The van der Waals surface area contributed by atoms with Crippen molar-refractivity contribution in [3.63, 3.8) is 0 Å². The van der Waals surface area contributed by atoms with Gasteiger partial charge in [-0.3, -0.25) is 9.20 Å². The number of hydrogen-bond acceptors (Lipinski definition) is 4. The van der Waals surface area contributed by atoms with Crippen molar-refractivity contribution in [2.45, 2.75) is 25.8 Å². The van der Waals surface area contributed by atoms with Crippen LogP contribution in [0.2, 0.25) is 0 Å². The molecule has 0 aliphatic rings. The van der Waals surface area contributed by atoms with Crippen LogP contribution in [0.4, 0.5) is 0 Å². The van der Waals surface area contributed by atoms with E-state index in [0.29, 0.717) is 5.82 Å². The first-order valence-electron chi connectivity index (χ1n) is 9.24. The van der Waals surface area contributed by atoms with Crippen LogP contribution in [0.3, 0.4) is 0 Å². The van der Waals surface area contributed by atoms with Gasteiger partial charge in [-0.15, -0.1) is 10.2 Å². The van der Waals surface area contributed by atoms with Crippen molar-refractivity contribution in [3.8, 4) is 5.75 Å². The number of ether oxygens (including phenoxy) is 1. The molecule has 1 amide bonds. The lowest BCUT2D eigenvalue weighted by atomic mass is 9.96. The van der Waals surface area contributed by atoms with Gasteiger partial charge in [0, 0.05) is 6.20 Å². The molecule has 6 heteroatoms. The molecule has 0 aliphatic carbocycles. The number of rotatable bonds is 5. The molecular weight excluding hydrogens is 352 g/mol. The summed E-state index contributed by atoms with van der Waals surface area (Å²) < 4.78 is 7.16. The van der Waals surface area contributed by atoms with E-state index in [2.05, 4.69) is 21.6 Å². The quantitative estimate of drug-likeness (QED) is 0.576. The molecule has 2 aromatic heterocycles. The summed E-state index contributed by atoms with van der Waals surface area (Å²) in [7, 11) is 1.65. The molecule has 2 aromatic carbocycles. The van der Waals surface area contributed by atoms with E-state index in [1.807, 2.05) is 73.0 Å². The van der Waals surface area contributed by atoms with Crippen LogP contribution >= 0.6 is 0 Å². The van der Waals surface area contributed by atoms with Crippen LogP contribution in [0, 0.1) is 0 Å². The molecule has 142 valence electrons. The molecule has 1 N–H and O–H groups in total. The highest BCUT2D eigenvalue weighted by Gasteiger charge is 2.21. The number of benzene rings is 2. The van der Waals surface area contributed by atoms with Crippen LogP contribution in [0.25, 0.3) is 16.4 Å². The zero-order valence-corrected chi connectivity index (χ0v) is 16.1. The normalized spacial score (nSPS) is 13.4. The predicted molar refractivity (Wildman–Crippen MR) is 108 cm³/mol. The lowest BCUT2D eigenvalue weighted by Gasteiger charge is -2.17. The van der Waals surface area contributed by atoms with E-state index in [9.17, 15) is 4.79 Å². The van der Waals surface area contributed by atoms with Crippen molar-refractivity contribution in [1.29, 1.82) is 0 Å². The van der Waals surface area contributed by atoms with Crippen LogP contribution in [-0.4, -0.2) is 27.6 Å². The Kier molecular flexibility index (Phi) is 4.69. The summed E-state index contributed by atoms with van der Waals surface area (Å²) >= 11 is 0. The molecule has 0 unspecified atom stereocenters. The highest BCUT2D eigenvalue weighted by molar-refractivity contribution is 5.88. The Bertz CT molecular complexity index is 1150. The average Bonchev–Trinajstić information content (AvgIpc) is 3.16. The Balaban J connectivity index is 1.53. The molecule has 0 aliphatic heterocycles. The van der Waals surface area contributed by atoms with Gasteiger partial charge < -0.3 is 10.1 Å². The van der Waals surface area contributed by atoms with Crippen LogP contribution in [0.15, 0.2) is 60.8 Å². The van der Waals surface area contributed by atoms with E-state index in [1.165, 1.54) is 0 Å². The standard InChI is InChI=1S/C22H22N4O2/c1-14(16-7-8-18-13-19(28-3)10-9-17(18)12-16)22(27)23-15(2)21-25-24-20-6-4-5-11-26(20)21/h4-15H,1-3H3,(H,23,27)/t14-,15-/m0/s1. The minimum Gasteiger partial charge on any atom is -0.497 e. The summed E-state index contributed by atoms with van der Waals surface area (Å²) in [5.74, 6) is 1.20. The van der Waals surface area contributed by atoms with Crippen LogP contribution in [0.5, 0.6) is 5.75 Å². The fraction of sp³-hybridized carbons (Fsp3) is 0.227. The van der Waals surface area contributed by atoms with Gasteiger partial charge in [-0.1, -0.05) is 30.3 Å². The Hall–Kier alpha value is -3.41. The molecule has 4 rings (SSSR count). The first-order chi connectivity index (χ1) is 13.6. The topological polar surface area (TPSA) is 68.5 Å². The van der Waals surface area contributed by atoms with Crippen LogP contribution in [-0.2, 0) is 4.79 Å². The summed E-state index contributed by atoms with van der Waals surface area (Å²) in [6, 6.07) is 17.4. The SMILES string of the molecule is COc1ccc2cc([C@H](C)C(=O)N[C@@H](C)c3nnc4ccccn34)ccc2c1. The number of nitrogens with zero attached hydrogens (tertiary/aromatic N) is 3. The lowest BCUT2D eigenvalue weighted by molar-refractivity contribution is -0.122. The monoisotopic (exact) mass is 374 g/mol. The molecule has 28 heavy (non-hydrogen) atoms. The third kappa shape index (κ3) is 3.29. The number of fused-ring (bicyclic) bond motifs is 2. The summed E-state index contributed by atoms with van der Waals surface area (Å²) in [5, 5.41) is 13.6. The number of amides is 1. The molecule has 2 heterocycles. The number of nitrogens with one attached hydrogen (secondary N) is 1. The minimum absolute atomic E-state index is 0.0481. The fourth-order valence-corrected chi connectivity index (χ4v) is 3.35. The first-order valence-corrected chi connectivity index (χ1v) is 9.24. The van der Waals surface area contributed by atoms with Gasteiger partial charge in [-0.25, -0.2) is 0 Å². The van der Waals surface area contributed by atoms with E-state index >= 15 is 0 Å². The van der Waals surface area contributed by atoms with E-state index in [0.717, 1.165) is 27.7 Å². The van der Waals surface area contributed by atoms with Crippen molar-refractivity contribution in [2.75, 3.05) is 7.11 Å².